The third-order valence-electron chi connectivity index (χ3n) is 3.43. The lowest BCUT2D eigenvalue weighted by molar-refractivity contribution is 0.155. The maximum Gasteiger partial charge on any atom is 0.123 e. The lowest BCUT2D eigenvalue weighted by atomic mass is 10.0. The van der Waals surface area contributed by atoms with Crippen LogP contribution in [0.2, 0.25) is 0 Å². The number of methoxy groups -OCH3 is 1. The van der Waals surface area contributed by atoms with Crippen LogP contribution in [-0.2, 0) is 6.54 Å². The first kappa shape index (κ1) is 14.8. The molecule has 2 aromatic rings. The molecule has 0 aliphatic heterocycles. The van der Waals surface area contributed by atoms with Crippen LogP contribution < -0.4 is 4.74 Å². The van der Waals surface area contributed by atoms with Gasteiger partial charge in [-0.3, -0.25) is 4.90 Å². The Labute approximate surface area is 119 Å². The second-order valence-electron chi connectivity index (χ2n) is 4.69. The normalized spacial score (nSPS) is 11.2. The van der Waals surface area contributed by atoms with Crippen molar-refractivity contribution in [1.29, 1.82) is 0 Å². The van der Waals surface area contributed by atoms with Gasteiger partial charge in [0.15, 0.2) is 0 Å². The maximum absolute atomic E-state index is 9.13. The van der Waals surface area contributed by atoms with Crippen molar-refractivity contribution in [3.05, 3.63) is 42.0 Å². The van der Waals surface area contributed by atoms with Gasteiger partial charge in [0.25, 0.3) is 0 Å². The number of aliphatic hydroxyl groups is 2. The molecule has 0 fully saturated rings. The smallest absolute Gasteiger partial charge is 0.123 e. The van der Waals surface area contributed by atoms with Crippen LogP contribution in [0.5, 0.6) is 5.75 Å². The molecule has 108 valence electrons. The molecule has 0 aliphatic carbocycles. The monoisotopic (exact) mass is 275 g/mol. The van der Waals surface area contributed by atoms with Crippen molar-refractivity contribution >= 4 is 10.8 Å². The number of ether oxygens (including phenoxy) is 1. The highest BCUT2D eigenvalue weighted by Gasteiger charge is 2.12. The molecule has 0 aliphatic rings. The number of fused-ring (bicyclic) bond motifs is 1. The van der Waals surface area contributed by atoms with Crippen LogP contribution in [0.3, 0.4) is 0 Å². The summed E-state index contributed by atoms with van der Waals surface area (Å²) in [5.41, 5.74) is 1.09. The molecule has 4 heteroatoms. The van der Waals surface area contributed by atoms with Crippen molar-refractivity contribution in [3.8, 4) is 5.75 Å². The van der Waals surface area contributed by atoms with E-state index in [0.29, 0.717) is 19.6 Å². The van der Waals surface area contributed by atoms with Crippen molar-refractivity contribution in [2.75, 3.05) is 33.4 Å². The number of rotatable bonds is 7. The Hall–Kier alpha value is -1.62. The van der Waals surface area contributed by atoms with Gasteiger partial charge in [0.1, 0.15) is 5.75 Å². The zero-order valence-corrected chi connectivity index (χ0v) is 11.7. The molecule has 0 saturated carbocycles. The van der Waals surface area contributed by atoms with Crippen LogP contribution in [0, 0.1) is 0 Å². The van der Waals surface area contributed by atoms with Gasteiger partial charge in [0.05, 0.1) is 20.3 Å². The quantitative estimate of drug-likeness (QED) is 0.806. The van der Waals surface area contributed by atoms with Crippen molar-refractivity contribution in [1.82, 2.24) is 4.90 Å². The fourth-order valence-electron chi connectivity index (χ4n) is 2.45. The van der Waals surface area contributed by atoms with E-state index in [9.17, 15) is 0 Å². The molecule has 0 atom stereocenters. The third-order valence-corrected chi connectivity index (χ3v) is 3.43. The highest BCUT2D eigenvalue weighted by molar-refractivity contribution is 5.87. The molecule has 0 bridgehead atoms. The van der Waals surface area contributed by atoms with Gasteiger partial charge >= 0.3 is 0 Å². The minimum absolute atomic E-state index is 0.0765. The molecule has 2 N–H and O–H groups in total. The summed E-state index contributed by atoms with van der Waals surface area (Å²) in [4.78, 5) is 2.02. The van der Waals surface area contributed by atoms with Gasteiger partial charge in [-0.25, -0.2) is 0 Å². The second kappa shape index (κ2) is 7.24. The Morgan fingerprint density at radius 3 is 2.35 bits per heavy atom. The summed E-state index contributed by atoms with van der Waals surface area (Å²) in [7, 11) is 1.66. The van der Waals surface area contributed by atoms with Crippen LogP contribution in [-0.4, -0.2) is 48.5 Å². The predicted octanol–water partition coefficient (Wildman–Crippen LogP) is 1.63. The van der Waals surface area contributed by atoms with E-state index in [1.54, 1.807) is 7.11 Å². The Balaban J connectivity index is 2.39. The molecule has 0 saturated heterocycles. The minimum atomic E-state index is 0.0765. The van der Waals surface area contributed by atoms with Gasteiger partial charge < -0.3 is 14.9 Å². The van der Waals surface area contributed by atoms with Gasteiger partial charge in [-0.15, -0.1) is 0 Å². The van der Waals surface area contributed by atoms with Gasteiger partial charge in [0, 0.05) is 25.2 Å². The summed E-state index contributed by atoms with van der Waals surface area (Å²) in [6.07, 6.45) is 0. The Morgan fingerprint density at radius 2 is 1.70 bits per heavy atom. The molecule has 2 aromatic carbocycles. The summed E-state index contributed by atoms with van der Waals surface area (Å²) < 4.78 is 5.46. The number of hydrogen-bond donors (Lipinski definition) is 2. The van der Waals surface area contributed by atoms with E-state index in [0.717, 1.165) is 22.1 Å². The van der Waals surface area contributed by atoms with Crippen LogP contribution in [0.4, 0.5) is 0 Å². The molecule has 20 heavy (non-hydrogen) atoms. The Morgan fingerprint density at radius 1 is 1.00 bits per heavy atom. The fraction of sp³-hybridized carbons (Fsp3) is 0.375. The lowest BCUT2D eigenvalue weighted by Gasteiger charge is -2.22. The first-order chi connectivity index (χ1) is 9.80. The van der Waals surface area contributed by atoms with E-state index >= 15 is 0 Å². The van der Waals surface area contributed by atoms with Gasteiger partial charge in [-0.05, 0) is 16.8 Å². The van der Waals surface area contributed by atoms with Gasteiger partial charge in [-0.1, -0.05) is 30.3 Å². The topological polar surface area (TPSA) is 52.9 Å². The van der Waals surface area contributed by atoms with Crippen LogP contribution in [0.15, 0.2) is 36.4 Å². The summed E-state index contributed by atoms with van der Waals surface area (Å²) in [5, 5.41) is 20.6. The molecule has 2 rings (SSSR count). The number of nitrogens with zero attached hydrogens (tertiary/aromatic N) is 1. The van der Waals surface area contributed by atoms with Crippen molar-refractivity contribution in [3.63, 3.8) is 0 Å². The Kier molecular flexibility index (Phi) is 5.35. The molecule has 0 heterocycles. The molecule has 0 spiro atoms. The second-order valence-corrected chi connectivity index (χ2v) is 4.69. The summed E-state index contributed by atoms with van der Waals surface area (Å²) in [6.45, 7) is 1.87. The third kappa shape index (κ3) is 3.28. The average Bonchev–Trinajstić information content (AvgIpc) is 2.48. The van der Waals surface area contributed by atoms with Crippen molar-refractivity contribution in [2.24, 2.45) is 0 Å². The summed E-state index contributed by atoms with van der Waals surface area (Å²) in [6, 6.07) is 12.2. The predicted molar refractivity (Wildman–Crippen MR) is 79.9 cm³/mol. The van der Waals surface area contributed by atoms with E-state index in [1.165, 1.54) is 0 Å². The average molecular weight is 275 g/mol. The van der Waals surface area contributed by atoms with E-state index in [1.807, 2.05) is 29.2 Å². The van der Waals surface area contributed by atoms with E-state index in [4.69, 9.17) is 14.9 Å². The first-order valence-electron chi connectivity index (χ1n) is 6.79. The molecule has 0 unspecified atom stereocenters. The van der Waals surface area contributed by atoms with Crippen LogP contribution in [0.25, 0.3) is 10.8 Å². The minimum Gasteiger partial charge on any atom is -0.496 e. The molecule has 4 nitrogen and oxygen atoms in total. The fourth-order valence-corrected chi connectivity index (χ4v) is 2.45. The van der Waals surface area contributed by atoms with E-state index in [2.05, 4.69) is 12.1 Å². The standard InChI is InChI=1S/C16H21NO3/c1-20-16-7-6-13-4-2-3-5-14(13)15(16)12-17(8-10-18)9-11-19/h2-7,18-19H,8-12H2,1H3. The number of aliphatic hydroxyl groups excluding tert-OH is 2. The number of hydrogen-bond acceptors (Lipinski definition) is 4. The van der Waals surface area contributed by atoms with E-state index < -0.39 is 0 Å². The van der Waals surface area contributed by atoms with Gasteiger partial charge in [-0.2, -0.15) is 0 Å². The molecule has 0 radical (unpaired) electrons. The summed E-state index contributed by atoms with van der Waals surface area (Å²) >= 11 is 0. The molecule has 0 aromatic heterocycles. The van der Waals surface area contributed by atoms with Crippen LogP contribution in [0.1, 0.15) is 5.56 Å². The largest absolute Gasteiger partial charge is 0.496 e. The van der Waals surface area contributed by atoms with Crippen molar-refractivity contribution in [2.45, 2.75) is 6.54 Å². The van der Waals surface area contributed by atoms with Crippen molar-refractivity contribution < 1.29 is 14.9 Å². The zero-order chi connectivity index (χ0) is 14.4. The van der Waals surface area contributed by atoms with Crippen LogP contribution >= 0.6 is 0 Å². The van der Waals surface area contributed by atoms with Gasteiger partial charge in [0.2, 0.25) is 0 Å². The maximum atomic E-state index is 9.13. The summed E-state index contributed by atoms with van der Waals surface area (Å²) in [5.74, 6) is 0.838. The SMILES string of the molecule is COc1ccc2ccccc2c1CN(CCO)CCO. The Bertz CT molecular complexity index is 550. The zero-order valence-electron chi connectivity index (χ0n) is 11.7. The highest BCUT2D eigenvalue weighted by atomic mass is 16.5. The highest BCUT2D eigenvalue weighted by Crippen LogP contribution is 2.29. The lowest BCUT2D eigenvalue weighted by Crippen LogP contribution is -2.29. The molecule has 0 amide bonds. The molecular formula is C16H21NO3. The van der Waals surface area contributed by atoms with E-state index in [-0.39, 0.29) is 13.2 Å². The number of benzene rings is 2. The first-order valence-corrected chi connectivity index (χ1v) is 6.79. The molecular weight excluding hydrogens is 254 g/mol.